The van der Waals surface area contributed by atoms with Gasteiger partial charge in [-0.2, -0.15) is 0 Å². The van der Waals surface area contributed by atoms with E-state index >= 15 is 0 Å². The molecule has 20 heavy (non-hydrogen) atoms. The van der Waals surface area contributed by atoms with Gasteiger partial charge in [0.15, 0.2) is 0 Å². The van der Waals surface area contributed by atoms with E-state index < -0.39 is 5.97 Å². The van der Waals surface area contributed by atoms with E-state index in [0.717, 1.165) is 5.75 Å². The minimum Gasteiger partial charge on any atom is -0.489 e. The van der Waals surface area contributed by atoms with E-state index in [9.17, 15) is 4.79 Å². The molecule has 2 aromatic rings. The van der Waals surface area contributed by atoms with Crippen LogP contribution >= 0.6 is 0 Å². The number of hydrogen-bond acceptors (Lipinski definition) is 3. The van der Waals surface area contributed by atoms with E-state index in [0.29, 0.717) is 11.5 Å². The molecule has 4 heteroatoms. The first kappa shape index (κ1) is 13.7. The number of carbonyl (C=O) groups is 1. The van der Waals surface area contributed by atoms with Crippen LogP contribution in [-0.2, 0) is 4.79 Å². The molecule has 0 amide bonds. The van der Waals surface area contributed by atoms with Gasteiger partial charge in [0, 0.05) is 0 Å². The average Bonchev–Trinajstić information content (AvgIpc) is 2.47. The molecule has 0 saturated carbocycles. The molecule has 0 aromatic heterocycles. The second kappa shape index (κ2) is 6.43. The molecule has 0 bridgehead atoms. The smallest absolute Gasteiger partial charge is 0.334 e. The van der Waals surface area contributed by atoms with Crippen molar-refractivity contribution in [2.45, 2.75) is 0 Å². The Morgan fingerprint density at radius 1 is 0.950 bits per heavy atom. The zero-order valence-electron chi connectivity index (χ0n) is 10.8. The molecule has 0 heterocycles. The maximum absolute atomic E-state index is 10.6. The Kier molecular flexibility index (Phi) is 4.39. The van der Waals surface area contributed by atoms with Gasteiger partial charge in [-0.3, -0.25) is 0 Å². The fourth-order valence-electron chi connectivity index (χ4n) is 1.46. The average molecular weight is 270 g/mol. The summed E-state index contributed by atoms with van der Waals surface area (Å²) < 4.78 is 10.9. The van der Waals surface area contributed by atoms with Crippen LogP contribution in [0, 0.1) is 0 Å². The monoisotopic (exact) mass is 270 g/mol. The van der Waals surface area contributed by atoms with Gasteiger partial charge in [-0.05, 0) is 36.4 Å². The Labute approximate surface area is 116 Å². The Bertz CT molecular complexity index is 588. The molecule has 0 radical (unpaired) electrons. The third-order valence-corrected chi connectivity index (χ3v) is 2.52. The van der Waals surface area contributed by atoms with E-state index in [4.69, 9.17) is 14.6 Å². The van der Waals surface area contributed by atoms with Crippen molar-refractivity contribution in [3.8, 4) is 17.2 Å². The van der Waals surface area contributed by atoms with Crippen LogP contribution in [0.2, 0.25) is 0 Å². The first-order valence-corrected chi connectivity index (χ1v) is 6.02. The summed E-state index contributed by atoms with van der Waals surface area (Å²) in [6.07, 6.45) is 0. The van der Waals surface area contributed by atoms with Gasteiger partial charge in [0.25, 0.3) is 0 Å². The van der Waals surface area contributed by atoms with Crippen LogP contribution in [-0.4, -0.2) is 17.7 Å². The minimum absolute atomic E-state index is 0.00890. The van der Waals surface area contributed by atoms with Gasteiger partial charge in [-0.1, -0.05) is 24.8 Å². The molecule has 0 fully saturated rings. The molecule has 1 N–H and O–H groups in total. The molecule has 0 aliphatic carbocycles. The highest BCUT2D eigenvalue weighted by atomic mass is 16.5. The largest absolute Gasteiger partial charge is 0.489 e. The number of aliphatic carboxylic acids is 1. The summed E-state index contributed by atoms with van der Waals surface area (Å²) in [6.45, 7) is 3.35. The first-order valence-electron chi connectivity index (χ1n) is 6.02. The van der Waals surface area contributed by atoms with Crippen molar-refractivity contribution in [3.63, 3.8) is 0 Å². The molecule has 102 valence electrons. The van der Waals surface area contributed by atoms with Crippen LogP contribution in [0.5, 0.6) is 17.2 Å². The van der Waals surface area contributed by atoms with Gasteiger partial charge in [0.2, 0.25) is 0 Å². The SMILES string of the molecule is C=C(COc1ccc(Oc2ccccc2)cc1)C(=O)O. The summed E-state index contributed by atoms with van der Waals surface area (Å²) in [5.41, 5.74) is 0.00890. The predicted molar refractivity (Wildman–Crippen MR) is 75.2 cm³/mol. The number of hydrogen-bond donors (Lipinski definition) is 1. The van der Waals surface area contributed by atoms with Crippen LogP contribution in [0.15, 0.2) is 66.7 Å². The van der Waals surface area contributed by atoms with E-state index in [1.165, 1.54) is 0 Å². The molecule has 2 aromatic carbocycles. The lowest BCUT2D eigenvalue weighted by Crippen LogP contribution is -2.08. The van der Waals surface area contributed by atoms with Crippen LogP contribution in [0.4, 0.5) is 0 Å². The summed E-state index contributed by atoms with van der Waals surface area (Å²) in [5.74, 6) is 0.933. The van der Waals surface area contributed by atoms with Crippen LogP contribution < -0.4 is 9.47 Å². The van der Waals surface area contributed by atoms with Gasteiger partial charge in [0.05, 0.1) is 5.57 Å². The molecular weight excluding hydrogens is 256 g/mol. The standard InChI is InChI=1S/C16H14O4/c1-12(16(17)18)11-19-13-7-9-15(10-8-13)20-14-5-3-2-4-6-14/h2-10H,1,11H2,(H,17,18). The molecule has 4 nitrogen and oxygen atoms in total. The highest BCUT2D eigenvalue weighted by molar-refractivity contribution is 5.86. The Balaban J connectivity index is 1.93. The van der Waals surface area contributed by atoms with Crippen molar-refractivity contribution in [3.05, 3.63) is 66.7 Å². The number of rotatable bonds is 6. The Morgan fingerprint density at radius 3 is 2.10 bits per heavy atom. The number of ether oxygens (including phenoxy) is 2. The maximum atomic E-state index is 10.6. The highest BCUT2D eigenvalue weighted by Crippen LogP contribution is 2.23. The van der Waals surface area contributed by atoms with E-state index in [-0.39, 0.29) is 12.2 Å². The molecule has 2 rings (SSSR count). The summed E-state index contributed by atoms with van der Waals surface area (Å²) in [7, 11) is 0. The highest BCUT2D eigenvalue weighted by Gasteiger charge is 2.05. The fraction of sp³-hybridized carbons (Fsp3) is 0.0625. The summed E-state index contributed by atoms with van der Waals surface area (Å²) in [5, 5.41) is 8.67. The fourth-order valence-corrected chi connectivity index (χ4v) is 1.46. The van der Waals surface area contributed by atoms with Crippen LogP contribution in [0.3, 0.4) is 0 Å². The lowest BCUT2D eigenvalue weighted by atomic mass is 10.3. The molecule has 0 atom stereocenters. The lowest BCUT2D eigenvalue weighted by Gasteiger charge is -2.08. The van der Waals surface area contributed by atoms with Crippen molar-refractivity contribution < 1.29 is 19.4 Å². The van der Waals surface area contributed by atoms with Crippen molar-refractivity contribution in [1.29, 1.82) is 0 Å². The maximum Gasteiger partial charge on any atom is 0.334 e. The molecular formula is C16H14O4. The zero-order chi connectivity index (χ0) is 14.4. The van der Waals surface area contributed by atoms with Gasteiger partial charge in [-0.25, -0.2) is 4.79 Å². The van der Waals surface area contributed by atoms with Crippen molar-refractivity contribution in [1.82, 2.24) is 0 Å². The Hall–Kier alpha value is -2.75. The number of benzene rings is 2. The van der Waals surface area contributed by atoms with Gasteiger partial charge < -0.3 is 14.6 Å². The van der Waals surface area contributed by atoms with E-state index in [1.807, 2.05) is 30.3 Å². The predicted octanol–water partition coefficient (Wildman–Crippen LogP) is 3.50. The minimum atomic E-state index is -1.06. The van der Waals surface area contributed by atoms with Gasteiger partial charge >= 0.3 is 5.97 Å². The Morgan fingerprint density at radius 2 is 1.50 bits per heavy atom. The lowest BCUT2D eigenvalue weighted by molar-refractivity contribution is -0.133. The first-order chi connectivity index (χ1) is 9.65. The third kappa shape index (κ3) is 3.88. The second-order valence-electron chi connectivity index (χ2n) is 4.08. The van der Waals surface area contributed by atoms with Crippen LogP contribution in [0.1, 0.15) is 0 Å². The molecule has 0 saturated heterocycles. The quantitative estimate of drug-likeness (QED) is 0.816. The van der Waals surface area contributed by atoms with Crippen molar-refractivity contribution >= 4 is 5.97 Å². The summed E-state index contributed by atoms with van der Waals surface area (Å²) in [6, 6.07) is 16.4. The number of carboxylic acid groups (broad SMARTS) is 1. The topological polar surface area (TPSA) is 55.8 Å². The van der Waals surface area contributed by atoms with Gasteiger partial charge in [-0.15, -0.1) is 0 Å². The summed E-state index contributed by atoms with van der Waals surface area (Å²) in [4.78, 5) is 10.6. The van der Waals surface area contributed by atoms with E-state index in [1.54, 1.807) is 24.3 Å². The zero-order valence-corrected chi connectivity index (χ0v) is 10.8. The number of carboxylic acids is 1. The third-order valence-electron chi connectivity index (χ3n) is 2.52. The summed E-state index contributed by atoms with van der Waals surface area (Å²) >= 11 is 0. The van der Waals surface area contributed by atoms with Crippen molar-refractivity contribution in [2.24, 2.45) is 0 Å². The van der Waals surface area contributed by atoms with E-state index in [2.05, 4.69) is 6.58 Å². The molecule has 0 unspecified atom stereocenters. The number of para-hydroxylation sites is 1. The van der Waals surface area contributed by atoms with Crippen molar-refractivity contribution in [2.75, 3.05) is 6.61 Å². The molecule has 0 aliphatic rings. The second-order valence-corrected chi connectivity index (χ2v) is 4.08. The molecule has 0 aliphatic heterocycles. The van der Waals surface area contributed by atoms with Gasteiger partial charge in [0.1, 0.15) is 23.9 Å². The van der Waals surface area contributed by atoms with Crippen LogP contribution in [0.25, 0.3) is 0 Å². The normalized spacial score (nSPS) is 9.80. The molecule has 0 spiro atoms.